The van der Waals surface area contributed by atoms with Gasteiger partial charge in [-0.05, 0) is 30.1 Å². The van der Waals surface area contributed by atoms with E-state index < -0.39 is 0 Å². The molecule has 0 saturated heterocycles. The Bertz CT molecular complexity index is 368. The molecule has 0 heterocycles. The largest absolute Gasteiger partial charge is 0.398 e. The van der Waals surface area contributed by atoms with Gasteiger partial charge in [-0.1, -0.05) is 18.2 Å². The van der Waals surface area contributed by atoms with Crippen LogP contribution in [0, 0.1) is 0 Å². The quantitative estimate of drug-likeness (QED) is 0.622. The van der Waals surface area contributed by atoms with Crippen LogP contribution >= 0.6 is 11.8 Å². The summed E-state index contributed by atoms with van der Waals surface area (Å²) in [6, 6.07) is 7.53. The molecule has 0 aliphatic carbocycles. The highest BCUT2D eigenvalue weighted by atomic mass is 32.2. The zero-order valence-corrected chi connectivity index (χ0v) is 11.3. The van der Waals surface area contributed by atoms with E-state index in [9.17, 15) is 4.79 Å². The zero-order chi connectivity index (χ0) is 12.7. The summed E-state index contributed by atoms with van der Waals surface area (Å²) in [6.07, 6.45) is 3.50. The standard InChI is InChI=1S/C13H20N2OS/c1-15(8-5-9-17-2)13(16)10-11-6-3-4-7-12(11)14/h3-4,6-7H,5,8-10,14H2,1-2H3. The predicted molar refractivity (Wildman–Crippen MR) is 75.2 cm³/mol. The smallest absolute Gasteiger partial charge is 0.226 e. The Hall–Kier alpha value is -1.16. The van der Waals surface area contributed by atoms with Crippen LogP contribution < -0.4 is 5.73 Å². The minimum Gasteiger partial charge on any atom is -0.398 e. The van der Waals surface area contributed by atoms with E-state index in [1.54, 1.807) is 16.7 Å². The number of benzene rings is 1. The normalized spacial score (nSPS) is 10.2. The first-order valence-corrected chi connectivity index (χ1v) is 7.11. The molecule has 0 spiro atoms. The second-order valence-corrected chi connectivity index (χ2v) is 5.02. The predicted octanol–water partition coefficient (Wildman–Crippen LogP) is 2.02. The number of amides is 1. The van der Waals surface area contributed by atoms with Gasteiger partial charge in [-0.3, -0.25) is 4.79 Å². The lowest BCUT2D eigenvalue weighted by Crippen LogP contribution is -2.29. The Kier molecular flexibility index (Phi) is 5.91. The molecule has 94 valence electrons. The molecular weight excluding hydrogens is 232 g/mol. The summed E-state index contributed by atoms with van der Waals surface area (Å²) in [6.45, 7) is 0.812. The summed E-state index contributed by atoms with van der Waals surface area (Å²) in [5.74, 6) is 1.22. The lowest BCUT2D eigenvalue weighted by Gasteiger charge is -2.17. The number of hydrogen-bond acceptors (Lipinski definition) is 3. The number of carbonyl (C=O) groups excluding carboxylic acids is 1. The van der Waals surface area contributed by atoms with Gasteiger partial charge in [0.05, 0.1) is 6.42 Å². The molecule has 0 bridgehead atoms. The maximum absolute atomic E-state index is 11.9. The minimum atomic E-state index is 0.129. The number of thioether (sulfide) groups is 1. The summed E-state index contributed by atoms with van der Waals surface area (Å²) in [7, 11) is 1.85. The Morgan fingerprint density at radius 3 is 2.76 bits per heavy atom. The number of nitrogens with zero attached hydrogens (tertiary/aromatic N) is 1. The molecule has 0 saturated carbocycles. The number of nitrogens with two attached hydrogens (primary N) is 1. The van der Waals surface area contributed by atoms with Gasteiger partial charge in [0.15, 0.2) is 0 Å². The zero-order valence-electron chi connectivity index (χ0n) is 10.5. The Balaban J connectivity index is 2.46. The van der Waals surface area contributed by atoms with Gasteiger partial charge in [0.1, 0.15) is 0 Å². The third-order valence-electron chi connectivity index (χ3n) is 2.66. The van der Waals surface area contributed by atoms with Crippen LogP contribution in [0.2, 0.25) is 0 Å². The lowest BCUT2D eigenvalue weighted by molar-refractivity contribution is -0.129. The summed E-state index contributed by atoms with van der Waals surface area (Å²) in [5, 5.41) is 0. The SMILES string of the molecule is CSCCCN(C)C(=O)Cc1ccccc1N. The molecule has 0 aliphatic rings. The molecule has 0 unspecified atom stereocenters. The van der Waals surface area contributed by atoms with Gasteiger partial charge in [-0.25, -0.2) is 0 Å². The van der Waals surface area contributed by atoms with Crippen molar-refractivity contribution in [3.8, 4) is 0 Å². The van der Waals surface area contributed by atoms with Crippen LogP contribution in [0.5, 0.6) is 0 Å². The summed E-state index contributed by atoms with van der Waals surface area (Å²) in [4.78, 5) is 13.7. The number of likely N-dealkylation sites (N-methyl/N-ethyl adjacent to an activating group) is 1. The topological polar surface area (TPSA) is 46.3 Å². The molecule has 0 atom stereocenters. The summed E-state index contributed by atoms with van der Waals surface area (Å²) >= 11 is 1.80. The monoisotopic (exact) mass is 252 g/mol. The van der Waals surface area contributed by atoms with Crippen LogP contribution in [0.25, 0.3) is 0 Å². The first-order valence-electron chi connectivity index (χ1n) is 5.71. The third kappa shape index (κ3) is 4.69. The first kappa shape index (κ1) is 13.9. The van der Waals surface area contributed by atoms with E-state index in [0.29, 0.717) is 12.1 Å². The fraction of sp³-hybridized carbons (Fsp3) is 0.462. The van der Waals surface area contributed by atoms with Gasteiger partial charge in [-0.2, -0.15) is 11.8 Å². The highest BCUT2D eigenvalue weighted by Crippen LogP contribution is 2.12. The van der Waals surface area contributed by atoms with Gasteiger partial charge in [0.2, 0.25) is 5.91 Å². The van der Waals surface area contributed by atoms with Crippen molar-refractivity contribution in [3.63, 3.8) is 0 Å². The fourth-order valence-electron chi connectivity index (χ4n) is 1.56. The molecule has 2 N–H and O–H groups in total. The average Bonchev–Trinajstić information content (AvgIpc) is 2.32. The number of carbonyl (C=O) groups is 1. The van der Waals surface area contributed by atoms with E-state index >= 15 is 0 Å². The van der Waals surface area contributed by atoms with Crippen molar-refractivity contribution in [2.75, 3.05) is 31.3 Å². The van der Waals surface area contributed by atoms with Crippen molar-refractivity contribution in [1.29, 1.82) is 0 Å². The summed E-state index contributed by atoms with van der Waals surface area (Å²) < 4.78 is 0. The minimum absolute atomic E-state index is 0.129. The molecule has 0 radical (unpaired) electrons. The van der Waals surface area contributed by atoms with Crippen LogP contribution in [0.1, 0.15) is 12.0 Å². The average molecular weight is 252 g/mol. The van der Waals surface area contributed by atoms with E-state index in [2.05, 4.69) is 6.26 Å². The van der Waals surface area contributed by atoms with Crippen molar-refractivity contribution >= 4 is 23.4 Å². The summed E-state index contributed by atoms with van der Waals surface area (Å²) in [5.41, 5.74) is 7.42. The first-order chi connectivity index (χ1) is 8.15. The molecular formula is C13H20N2OS. The van der Waals surface area contributed by atoms with E-state index in [0.717, 1.165) is 24.3 Å². The van der Waals surface area contributed by atoms with Crippen molar-refractivity contribution < 1.29 is 4.79 Å². The number of hydrogen-bond donors (Lipinski definition) is 1. The molecule has 17 heavy (non-hydrogen) atoms. The van der Waals surface area contributed by atoms with Gasteiger partial charge >= 0.3 is 0 Å². The Labute approximate surface area is 107 Å². The number of rotatable bonds is 6. The number of nitrogen functional groups attached to an aromatic ring is 1. The van der Waals surface area contributed by atoms with Crippen molar-refractivity contribution in [2.45, 2.75) is 12.8 Å². The maximum atomic E-state index is 11.9. The molecule has 1 aromatic carbocycles. The van der Waals surface area contributed by atoms with Crippen LogP contribution in [0.3, 0.4) is 0 Å². The second kappa shape index (κ2) is 7.22. The Morgan fingerprint density at radius 2 is 2.12 bits per heavy atom. The lowest BCUT2D eigenvalue weighted by atomic mass is 10.1. The molecule has 3 nitrogen and oxygen atoms in total. The molecule has 1 aromatic rings. The van der Waals surface area contributed by atoms with Crippen molar-refractivity contribution in [3.05, 3.63) is 29.8 Å². The molecule has 0 aromatic heterocycles. The van der Waals surface area contributed by atoms with Crippen LogP contribution in [0.4, 0.5) is 5.69 Å². The van der Waals surface area contributed by atoms with E-state index in [1.165, 1.54) is 0 Å². The molecule has 0 aliphatic heterocycles. The van der Waals surface area contributed by atoms with Gasteiger partial charge < -0.3 is 10.6 Å². The van der Waals surface area contributed by atoms with Crippen LogP contribution in [0.15, 0.2) is 24.3 Å². The highest BCUT2D eigenvalue weighted by molar-refractivity contribution is 7.98. The van der Waals surface area contributed by atoms with Crippen molar-refractivity contribution in [2.24, 2.45) is 0 Å². The maximum Gasteiger partial charge on any atom is 0.226 e. The van der Waals surface area contributed by atoms with E-state index in [4.69, 9.17) is 5.73 Å². The van der Waals surface area contributed by atoms with E-state index in [-0.39, 0.29) is 5.91 Å². The molecule has 0 fully saturated rings. The number of para-hydroxylation sites is 1. The highest BCUT2D eigenvalue weighted by Gasteiger charge is 2.10. The Morgan fingerprint density at radius 1 is 1.41 bits per heavy atom. The molecule has 1 rings (SSSR count). The van der Waals surface area contributed by atoms with E-state index in [1.807, 2.05) is 31.3 Å². The molecule has 1 amide bonds. The van der Waals surface area contributed by atoms with Gasteiger partial charge in [-0.15, -0.1) is 0 Å². The van der Waals surface area contributed by atoms with Gasteiger partial charge in [0.25, 0.3) is 0 Å². The fourth-order valence-corrected chi connectivity index (χ4v) is 1.98. The van der Waals surface area contributed by atoms with Crippen LogP contribution in [-0.4, -0.2) is 36.4 Å². The number of anilines is 1. The second-order valence-electron chi connectivity index (χ2n) is 4.04. The third-order valence-corrected chi connectivity index (χ3v) is 3.36. The van der Waals surface area contributed by atoms with Crippen LogP contribution in [-0.2, 0) is 11.2 Å². The van der Waals surface area contributed by atoms with Gasteiger partial charge in [0, 0.05) is 19.3 Å². The molecule has 4 heteroatoms. The van der Waals surface area contributed by atoms with Crippen molar-refractivity contribution in [1.82, 2.24) is 4.90 Å².